The van der Waals surface area contributed by atoms with Gasteiger partial charge in [-0.25, -0.2) is 17.5 Å². The van der Waals surface area contributed by atoms with E-state index in [1.165, 1.54) is 36.4 Å². The summed E-state index contributed by atoms with van der Waals surface area (Å²) in [6.07, 6.45) is 8.07. The van der Waals surface area contributed by atoms with Crippen molar-refractivity contribution in [1.82, 2.24) is 0 Å². The fourth-order valence-electron chi connectivity index (χ4n) is 3.28. The fourth-order valence-corrected chi connectivity index (χ4v) is 4.18. The molecule has 0 aromatic heterocycles. The number of allylic oxidation sites excluding steroid dienone is 1. The lowest BCUT2D eigenvalue weighted by Gasteiger charge is -2.21. The summed E-state index contributed by atoms with van der Waals surface area (Å²) < 4.78 is 36.4. The van der Waals surface area contributed by atoms with Crippen molar-refractivity contribution >= 4 is 27.6 Å². The van der Waals surface area contributed by atoms with Gasteiger partial charge >= 0.3 is 5.97 Å². The van der Waals surface area contributed by atoms with Crippen molar-refractivity contribution in [3.05, 3.63) is 71.8 Å². The van der Waals surface area contributed by atoms with E-state index >= 15 is 0 Å². The van der Waals surface area contributed by atoms with E-state index < -0.39 is 21.9 Å². The molecule has 0 saturated carbocycles. The molecule has 1 aliphatic rings. The maximum Gasteiger partial charge on any atom is 0.338 e. The van der Waals surface area contributed by atoms with Gasteiger partial charge in [0.1, 0.15) is 11.9 Å². The first kappa shape index (κ1) is 22.6. The highest BCUT2D eigenvalue weighted by atomic mass is 32.2. The molecule has 0 radical (unpaired) electrons. The van der Waals surface area contributed by atoms with Gasteiger partial charge in [0.2, 0.25) is 10.0 Å². The number of carbonyl (C=O) groups is 2. The molecule has 0 spiro atoms. The van der Waals surface area contributed by atoms with Crippen molar-refractivity contribution in [2.24, 2.45) is 0 Å². The molecule has 2 aromatic carbocycles. The van der Waals surface area contributed by atoms with Crippen LogP contribution >= 0.6 is 0 Å². The quantitative estimate of drug-likeness (QED) is 0.475. The average molecular weight is 444 g/mol. The van der Waals surface area contributed by atoms with Gasteiger partial charge in [-0.3, -0.25) is 4.79 Å². The van der Waals surface area contributed by atoms with Crippen molar-refractivity contribution in [3.63, 3.8) is 0 Å². The molecule has 164 valence electrons. The Labute approximate surface area is 182 Å². The number of carbonyl (C=O) groups excluding carboxylic acids is 2. The van der Waals surface area contributed by atoms with Gasteiger partial charge in [-0.15, -0.1) is 0 Å². The second-order valence-corrected chi connectivity index (χ2v) is 8.97. The van der Waals surface area contributed by atoms with Crippen LogP contribution in [0.4, 0.5) is 5.69 Å². The van der Waals surface area contributed by atoms with Crippen molar-refractivity contribution < 1.29 is 27.5 Å². The number of hydrogen-bond acceptors (Lipinski definition) is 6. The van der Waals surface area contributed by atoms with Gasteiger partial charge in [0.05, 0.1) is 24.1 Å². The smallest absolute Gasteiger partial charge is 0.338 e. The van der Waals surface area contributed by atoms with Gasteiger partial charge < -0.3 is 9.47 Å². The number of esters is 1. The lowest BCUT2D eigenvalue weighted by Crippen LogP contribution is -2.36. The van der Waals surface area contributed by atoms with Gasteiger partial charge in [0.25, 0.3) is 5.91 Å². The molecule has 0 saturated heterocycles. The molecule has 1 unspecified atom stereocenters. The zero-order valence-electron chi connectivity index (χ0n) is 17.5. The number of ether oxygens (including phenoxy) is 2. The number of benzene rings is 2. The minimum atomic E-state index is -3.96. The second kappa shape index (κ2) is 9.78. The Kier molecular flexibility index (Phi) is 7.12. The minimum absolute atomic E-state index is 0.00608. The molecule has 8 heteroatoms. The predicted molar refractivity (Wildman–Crippen MR) is 118 cm³/mol. The highest BCUT2D eigenvalue weighted by molar-refractivity contribution is 7.92. The first-order valence-corrected chi connectivity index (χ1v) is 11.9. The number of amides is 1. The summed E-state index contributed by atoms with van der Waals surface area (Å²) >= 11 is 0. The molecule has 1 amide bonds. The molecular formula is C23H25NO6S. The Morgan fingerprint density at radius 2 is 1.84 bits per heavy atom. The van der Waals surface area contributed by atoms with Crippen molar-refractivity contribution in [1.29, 1.82) is 0 Å². The zero-order chi connectivity index (χ0) is 22.4. The standard InChI is InChI=1S/C23H25NO6S/c1-3-29-23(26)18-8-7-9-19(16-18)24(31(2,27)28)22(25)17-12-14-21(15-13-17)30-20-10-5-4-6-11-20/h5,7-10,12-16,20H,3-4,6,11H2,1-2H3. The third kappa shape index (κ3) is 5.73. The monoisotopic (exact) mass is 443 g/mol. The molecule has 1 atom stereocenters. The molecule has 1 aliphatic carbocycles. The van der Waals surface area contributed by atoms with Gasteiger partial charge in [0, 0.05) is 5.56 Å². The Morgan fingerprint density at radius 3 is 2.45 bits per heavy atom. The van der Waals surface area contributed by atoms with Crippen molar-refractivity contribution in [2.45, 2.75) is 32.3 Å². The van der Waals surface area contributed by atoms with Crippen LogP contribution in [-0.4, -0.2) is 39.3 Å². The SMILES string of the molecule is CCOC(=O)c1cccc(N(C(=O)c2ccc(OC3C=CCCC3)cc2)S(C)(=O)=O)c1. The molecule has 7 nitrogen and oxygen atoms in total. The van der Waals surface area contributed by atoms with Gasteiger partial charge in [-0.2, -0.15) is 0 Å². The summed E-state index contributed by atoms with van der Waals surface area (Å²) in [4.78, 5) is 25.1. The van der Waals surface area contributed by atoms with E-state index in [1.54, 1.807) is 19.1 Å². The fraction of sp³-hybridized carbons (Fsp3) is 0.304. The molecule has 0 aliphatic heterocycles. The second-order valence-electron chi connectivity index (χ2n) is 7.14. The van der Waals surface area contributed by atoms with Gasteiger partial charge in [0.15, 0.2) is 0 Å². The van der Waals surface area contributed by atoms with E-state index in [0.717, 1.165) is 25.5 Å². The maximum absolute atomic E-state index is 13.1. The van der Waals surface area contributed by atoms with E-state index in [-0.39, 0.29) is 29.5 Å². The normalized spacial score (nSPS) is 15.9. The highest BCUT2D eigenvalue weighted by Crippen LogP contribution is 2.24. The minimum Gasteiger partial charge on any atom is -0.486 e. The van der Waals surface area contributed by atoms with Crippen molar-refractivity contribution in [2.75, 3.05) is 17.2 Å². The van der Waals surface area contributed by atoms with Gasteiger partial charge in [-0.05, 0) is 74.7 Å². The third-order valence-electron chi connectivity index (χ3n) is 4.71. The molecule has 0 heterocycles. The topological polar surface area (TPSA) is 90.0 Å². The summed E-state index contributed by atoms with van der Waals surface area (Å²) in [5.41, 5.74) is 0.398. The van der Waals surface area contributed by atoms with E-state index in [9.17, 15) is 18.0 Å². The van der Waals surface area contributed by atoms with E-state index in [1.807, 2.05) is 6.08 Å². The van der Waals surface area contributed by atoms with Crippen LogP contribution < -0.4 is 9.04 Å². The molecule has 0 bridgehead atoms. The van der Waals surface area contributed by atoms with E-state index in [0.29, 0.717) is 10.1 Å². The van der Waals surface area contributed by atoms with Crippen LogP contribution in [0, 0.1) is 0 Å². The summed E-state index contributed by atoms with van der Waals surface area (Å²) in [5.74, 6) is -0.723. The molecule has 0 fully saturated rings. The number of nitrogens with zero attached hydrogens (tertiary/aromatic N) is 1. The molecular weight excluding hydrogens is 418 g/mol. The summed E-state index contributed by atoms with van der Waals surface area (Å²) in [6, 6.07) is 12.1. The van der Waals surface area contributed by atoms with Crippen LogP contribution in [0.25, 0.3) is 0 Å². The number of hydrogen-bond donors (Lipinski definition) is 0. The molecule has 31 heavy (non-hydrogen) atoms. The first-order valence-electron chi connectivity index (χ1n) is 10.0. The largest absolute Gasteiger partial charge is 0.486 e. The number of anilines is 1. The van der Waals surface area contributed by atoms with E-state index in [4.69, 9.17) is 9.47 Å². The third-order valence-corrected chi connectivity index (χ3v) is 5.75. The van der Waals surface area contributed by atoms with E-state index in [2.05, 4.69) is 6.08 Å². The molecule has 3 rings (SSSR count). The zero-order valence-corrected chi connectivity index (χ0v) is 18.3. The average Bonchev–Trinajstić information content (AvgIpc) is 2.74. The predicted octanol–water partition coefficient (Wildman–Crippen LogP) is 3.96. The number of rotatable bonds is 7. The molecule has 0 N–H and O–H groups in total. The summed E-state index contributed by atoms with van der Waals surface area (Å²) in [7, 11) is -3.96. The van der Waals surface area contributed by atoms with Crippen LogP contribution in [0.3, 0.4) is 0 Å². The van der Waals surface area contributed by atoms with Crippen LogP contribution in [0.5, 0.6) is 5.75 Å². The maximum atomic E-state index is 13.1. The van der Waals surface area contributed by atoms with Crippen LogP contribution in [-0.2, 0) is 14.8 Å². The van der Waals surface area contributed by atoms with Crippen LogP contribution in [0.15, 0.2) is 60.7 Å². The lowest BCUT2D eigenvalue weighted by atomic mass is 10.1. The highest BCUT2D eigenvalue weighted by Gasteiger charge is 2.27. The lowest BCUT2D eigenvalue weighted by molar-refractivity contribution is 0.0526. The summed E-state index contributed by atoms with van der Waals surface area (Å²) in [5, 5.41) is 0. The molecule has 2 aromatic rings. The Hall–Kier alpha value is -3.13. The Morgan fingerprint density at radius 1 is 1.10 bits per heavy atom. The van der Waals surface area contributed by atoms with Crippen LogP contribution in [0.2, 0.25) is 0 Å². The Bertz CT molecular complexity index is 1080. The first-order chi connectivity index (χ1) is 14.8. The number of sulfonamides is 1. The van der Waals surface area contributed by atoms with Gasteiger partial charge in [-0.1, -0.05) is 12.1 Å². The van der Waals surface area contributed by atoms with Crippen molar-refractivity contribution in [3.8, 4) is 5.75 Å². The summed E-state index contributed by atoms with van der Waals surface area (Å²) in [6.45, 7) is 1.86. The Balaban J connectivity index is 1.85. The van der Waals surface area contributed by atoms with Crippen LogP contribution in [0.1, 0.15) is 46.9 Å².